The third-order valence-electron chi connectivity index (χ3n) is 3.82. The molecule has 1 N–H and O–H groups in total. The molecule has 0 aromatic carbocycles. The van der Waals surface area contributed by atoms with Crippen LogP contribution < -0.4 is 5.32 Å². The van der Waals surface area contributed by atoms with Crippen molar-refractivity contribution in [3.8, 4) is 0 Å². The Morgan fingerprint density at radius 2 is 2.37 bits per heavy atom. The monoisotopic (exact) mass is 263 g/mol. The zero-order chi connectivity index (χ0) is 13.4. The van der Waals surface area contributed by atoms with Crippen molar-refractivity contribution in [3.05, 3.63) is 17.5 Å². The second kappa shape index (κ2) is 4.68. The Kier molecular flexibility index (Phi) is 3.00. The highest BCUT2D eigenvalue weighted by Crippen LogP contribution is 2.23. The normalized spacial score (nSPS) is 26.2. The van der Waals surface area contributed by atoms with E-state index in [1.165, 1.54) is 0 Å². The Morgan fingerprint density at radius 3 is 3.05 bits per heavy atom. The summed E-state index contributed by atoms with van der Waals surface area (Å²) in [5, 5.41) is 6.74. The lowest BCUT2D eigenvalue weighted by Crippen LogP contribution is -2.44. The molecule has 2 amide bonds. The van der Waals surface area contributed by atoms with Crippen molar-refractivity contribution >= 4 is 11.8 Å². The van der Waals surface area contributed by atoms with Crippen molar-refractivity contribution < 1.29 is 14.1 Å². The molecular formula is C13H17N3O3. The minimum atomic E-state index is -0.0563. The fourth-order valence-corrected chi connectivity index (χ4v) is 2.81. The molecule has 0 unspecified atom stereocenters. The van der Waals surface area contributed by atoms with Crippen LogP contribution in [0.2, 0.25) is 0 Å². The van der Waals surface area contributed by atoms with Crippen LogP contribution >= 0.6 is 0 Å². The summed E-state index contributed by atoms with van der Waals surface area (Å²) in [6, 6.07) is 1.87. The van der Waals surface area contributed by atoms with Crippen molar-refractivity contribution in [2.24, 2.45) is 5.92 Å². The third-order valence-corrected chi connectivity index (χ3v) is 3.82. The summed E-state index contributed by atoms with van der Waals surface area (Å²) in [7, 11) is 0. The van der Waals surface area contributed by atoms with Gasteiger partial charge in [0.1, 0.15) is 5.76 Å². The predicted octanol–water partition coefficient (Wildman–Crippen LogP) is 0.263. The summed E-state index contributed by atoms with van der Waals surface area (Å²) < 4.78 is 5.07. The zero-order valence-corrected chi connectivity index (χ0v) is 10.9. The molecule has 4 rings (SSSR count). The lowest BCUT2D eigenvalue weighted by molar-refractivity contribution is -0.131. The Balaban J connectivity index is 1.68. The van der Waals surface area contributed by atoms with Gasteiger partial charge in [0.2, 0.25) is 11.8 Å². The zero-order valence-electron chi connectivity index (χ0n) is 10.9. The summed E-state index contributed by atoms with van der Waals surface area (Å²) in [4.78, 5) is 25.8. The Bertz CT molecular complexity index is 511. The molecule has 3 saturated heterocycles. The lowest BCUT2D eigenvalue weighted by atomic mass is 9.96. The second-order valence-corrected chi connectivity index (χ2v) is 5.39. The minimum absolute atomic E-state index is 0.00421. The number of aromatic nitrogens is 1. The quantitative estimate of drug-likeness (QED) is 0.830. The molecule has 19 heavy (non-hydrogen) atoms. The first kappa shape index (κ1) is 12.2. The van der Waals surface area contributed by atoms with E-state index in [4.69, 9.17) is 4.52 Å². The van der Waals surface area contributed by atoms with Crippen LogP contribution in [0.1, 0.15) is 24.3 Å². The van der Waals surface area contributed by atoms with Gasteiger partial charge in [0.05, 0.1) is 18.0 Å². The molecule has 0 spiro atoms. The van der Waals surface area contributed by atoms with E-state index in [-0.39, 0.29) is 30.2 Å². The van der Waals surface area contributed by atoms with Crippen molar-refractivity contribution in [2.45, 2.75) is 32.2 Å². The molecule has 1 aromatic rings. The highest BCUT2D eigenvalue weighted by atomic mass is 16.5. The lowest BCUT2D eigenvalue weighted by Gasteiger charge is -2.22. The number of rotatable bonds is 2. The van der Waals surface area contributed by atoms with Crippen LogP contribution in [0.15, 0.2) is 10.6 Å². The Morgan fingerprint density at radius 1 is 1.53 bits per heavy atom. The van der Waals surface area contributed by atoms with E-state index in [2.05, 4.69) is 10.5 Å². The van der Waals surface area contributed by atoms with Crippen molar-refractivity contribution in [1.82, 2.24) is 15.4 Å². The fourth-order valence-electron chi connectivity index (χ4n) is 2.81. The number of aryl methyl sites for hydroxylation is 1. The number of nitrogens with zero attached hydrogens (tertiary/aromatic N) is 2. The summed E-state index contributed by atoms with van der Waals surface area (Å²) in [5.41, 5.74) is 0.774. The van der Waals surface area contributed by atoms with Crippen LogP contribution in [-0.2, 0) is 16.0 Å². The van der Waals surface area contributed by atoms with E-state index < -0.39 is 0 Å². The van der Waals surface area contributed by atoms with Gasteiger partial charge in [0.25, 0.3) is 0 Å². The molecule has 3 aliphatic heterocycles. The molecule has 0 aliphatic carbocycles. The molecule has 2 bridgehead atoms. The van der Waals surface area contributed by atoms with Crippen LogP contribution in [-0.4, -0.2) is 41.0 Å². The summed E-state index contributed by atoms with van der Waals surface area (Å²) in [5.74, 6) is 0.615. The van der Waals surface area contributed by atoms with Crippen LogP contribution in [0.3, 0.4) is 0 Å². The van der Waals surface area contributed by atoms with Crippen molar-refractivity contribution in [2.75, 3.05) is 13.1 Å². The van der Waals surface area contributed by atoms with Gasteiger partial charge in [-0.05, 0) is 19.8 Å². The van der Waals surface area contributed by atoms with Crippen LogP contribution in [0.4, 0.5) is 0 Å². The van der Waals surface area contributed by atoms with Crippen LogP contribution in [0.5, 0.6) is 0 Å². The van der Waals surface area contributed by atoms with E-state index in [9.17, 15) is 9.59 Å². The minimum Gasteiger partial charge on any atom is -0.361 e. The number of carbonyl (C=O) groups excluding carboxylic acids is 2. The molecule has 2 atom stereocenters. The highest BCUT2D eigenvalue weighted by Gasteiger charge is 2.36. The number of hydrogen-bond donors (Lipinski definition) is 1. The first-order valence-electron chi connectivity index (χ1n) is 6.62. The number of piperidine rings is 1. The van der Waals surface area contributed by atoms with Crippen molar-refractivity contribution in [1.29, 1.82) is 0 Å². The molecule has 0 radical (unpaired) electrons. The molecule has 6 nitrogen and oxygen atoms in total. The number of fused-ring (bicyclic) bond motifs is 4. The number of amides is 2. The van der Waals surface area contributed by atoms with Gasteiger partial charge in [-0.15, -0.1) is 0 Å². The fraction of sp³-hybridized carbons (Fsp3) is 0.615. The van der Waals surface area contributed by atoms with Gasteiger partial charge in [0, 0.05) is 25.2 Å². The van der Waals surface area contributed by atoms with Crippen LogP contribution in [0, 0.1) is 12.8 Å². The molecule has 102 valence electrons. The van der Waals surface area contributed by atoms with Crippen LogP contribution in [0.25, 0.3) is 0 Å². The summed E-state index contributed by atoms with van der Waals surface area (Å²) >= 11 is 0. The molecule has 6 heteroatoms. The maximum absolute atomic E-state index is 12.3. The van der Waals surface area contributed by atoms with Gasteiger partial charge in [-0.25, -0.2) is 0 Å². The van der Waals surface area contributed by atoms with E-state index in [1.54, 1.807) is 11.0 Å². The Hall–Kier alpha value is -1.85. The van der Waals surface area contributed by atoms with Gasteiger partial charge in [-0.2, -0.15) is 0 Å². The van der Waals surface area contributed by atoms with E-state index >= 15 is 0 Å². The van der Waals surface area contributed by atoms with E-state index in [0.29, 0.717) is 18.8 Å². The standard InChI is InChI=1S/C13H17N3O3/c1-8-4-11(19-15-8)5-12(17)16-6-9-2-3-10(7-16)14-13(9)18/h4,9-10H,2-3,5-7H2,1H3,(H,14,18)/t9-,10+/m0/s1. The van der Waals surface area contributed by atoms with E-state index in [0.717, 1.165) is 18.5 Å². The predicted molar refractivity (Wildman–Crippen MR) is 66.2 cm³/mol. The van der Waals surface area contributed by atoms with Gasteiger partial charge >= 0.3 is 0 Å². The van der Waals surface area contributed by atoms with Gasteiger partial charge < -0.3 is 14.7 Å². The maximum atomic E-state index is 12.3. The maximum Gasteiger partial charge on any atom is 0.230 e. The molecule has 0 saturated carbocycles. The number of hydrogen-bond acceptors (Lipinski definition) is 4. The number of carbonyl (C=O) groups is 2. The summed E-state index contributed by atoms with van der Waals surface area (Å²) in [6.07, 6.45) is 2.05. The van der Waals surface area contributed by atoms with Gasteiger partial charge in [0.15, 0.2) is 0 Å². The van der Waals surface area contributed by atoms with Crippen molar-refractivity contribution in [3.63, 3.8) is 0 Å². The molecule has 3 aliphatic rings. The number of nitrogens with one attached hydrogen (secondary N) is 1. The molecular weight excluding hydrogens is 246 g/mol. The average molecular weight is 263 g/mol. The van der Waals surface area contributed by atoms with E-state index in [1.807, 2.05) is 6.92 Å². The smallest absolute Gasteiger partial charge is 0.230 e. The largest absolute Gasteiger partial charge is 0.361 e. The summed E-state index contributed by atoms with van der Waals surface area (Å²) in [6.45, 7) is 2.95. The first-order chi connectivity index (χ1) is 9.11. The SMILES string of the molecule is Cc1cc(CC(=O)N2C[C@H]3CC[C@@H](C2)C(=O)N3)on1. The van der Waals surface area contributed by atoms with Gasteiger partial charge in [-0.1, -0.05) is 5.16 Å². The average Bonchev–Trinajstić information content (AvgIpc) is 2.61. The topological polar surface area (TPSA) is 75.4 Å². The molecule has 1 aromatic heterocycles. The molecule has 3 fully saturated rings. The Labute approximate surface area is 111 Å². The molecule has 4 heterocycles. The van der Waals surface area contributed by atoms with Gasteiger partial charge in [-0.3, -0.25) is 9.59 Å². The first-order valence-corrected chi connectivity index (χ1v) is 6.62. The third kappa shape index (κ3) is 2.47. The second-order valence-electron chi connectivity index (χ2n) is 5.39. The highest BCUT2D eigenvalue weighted by molar-refractivity contribution is 5.83.